The summed E-state index contributed by atoms with van der Waals surface area (Å²) in [5, 5.41) is 7.94. The molecule has 0 saturated carbocycles. The molecule has 0 atom stereocenters. The predicted molar refractivity (Wildman–Crippen MR) is 82.8 cm³/mol. The third kappa shape index (κ3) is 4.95. The number of guanidine groups is 1. The van der Waals surface area contributed by atoms with Gasteiger partial charge in [0.05, 0.1) is 6.42 Å². The summed E-state index contributed by atoms with van der Waals surface area (Å²) in [4.78, 5) is 3.91. The van der Waals surface area contributed by atoms with E-state index in [-0.39, 0.29) is 6.54 Å². The van der Waals surface area contributed by atoms with Gasteiger partial charge >= 0.3 is 6.18 Å². The molecule has 0 amide bonds. The summed E-state index contributed by atoms with van der Waals surface area (Å²) >= 11 is 0. The van der Waals surface area contributed by atoms with E-state index in [0.717, 1.165) is 16.3 Å². The van der Waals surface area contributed by atoms with Crippen LogP contribution in [-0.4, -0.2) is 25.7 Å². The summed E-state index contributed by atoms with van der Waals surface area (Å²) in [6.45, 7) is 0.303. The number of rotatable bonds is 4. The highest BCUT2D eigenvalue weighted by Gasteiger charge is 2.26. The van der Waals surface area contributed by atoms with E-state index in [2.05, 4.69) is 15.6 Å². The lowest BCUT2D eigenvalue weighted by molar-refractivity contribution is -0.132. The van der Waals surface area contributed by atoms with Gasteiger partial charge in [0, 0.05) is 20.1 Å². The van der Waals surface area contributed by atoms with E-state index in [1.165, 1.54) is 7.05 Å². The van der Waals surface area contributed by atoms with Crippen molar-refractivity contribution in [2.45, 2.75) is 19.1 Å². The van der Waals surface area contributed by atoms with Crippen LogP contribution in [0.3, 0.4) is 0 Å². The average Bonchev–Trinajstić information content (AvgIpc) is 2.49. The van der Waals surface area contributed by atoms with Crippen molar-refractivity contribution < 1.29 is 13.2 Å². The maximum atomic E-state index is 12.1. The van der Waals surface area contributed by atoms with Gasteiger partial charge in [-0.05, 0) is 22.4 Å². The van der Waals surface area contributed by atoms with Crippen LogP contribution in [0.25, 0.3) is 10.8 Å². The van der Waals surface area contributed by atoms with Gasteiger partial charge in [0.1, 0.15) is 0 Å². The fraction of sp³-hybridized carbons (Fsp3) is 0.312. The van der Waals surface area contributed by atoms with Gasteiger partial charge in [0.15, 0.2) is 5.96 Å². The van der Waals surface area contributed by atoms with E-state index in [1.54, 1.807) is 0 Å². The van der Waals surface area contributed by atoms with Crippen LogP contribution in [0.5, 0.6) is 0 Å². The Labute approximate surface area is 127 Å². The molecule has 0 spiro atoms. The lowest BCUT2D eigenvalue weighted by atomic mass is 10.1. The van der Waals surface area contributed by atoms with E-state index in [9.17, 15) is 13.2 Å². The van der Waals surface area contributed by atoms with Crippen LogP contribution >= 0.6 is 0 Å². The molecule has 0 aliphatic heterocycles. The highest BCUT2D eigenvalue weighted by atomic mass is 19.4. The van der Waals surface area contributed by atoms with Crippen molar-refractivity contribution in [2.24, 2.45) is 4.99 Å². The first-order chi connectivity index (χ1) is 10.5. The number of nitrogens with zero attached hydrogens (tertiary/aromatic N) is 1. The van der Waals surface area contributed by atoms with Gasteiger partial charge in [-0.25, -0.2) is 0 Å². The maximum Gasteiger partial charge on any atom is 0.390 e. The number of fused-ring (bicyclic) bond motifs is 1. The highest BCUT2D eigenvalue weighted by molar-refractivity contribution is 5.83. The largest absolute Gasteiger partial charge is 0.390 e. The lowest BCUT2D eigenvalue weighted by Crippen LogP contribution is -2.38. The Morgan fingerprint density at radius 1 is 1.05 bits per heavy atom. The Hall–Kier alpha value is -2.24. The molecule has 0 saturated heterocycles. The van der Waals surface area contributed by atoms with Crippen LogP contribution < -0.4 is 10.6 Å². The summed E-state index contributed by atoms with van der Waals surface area (Å²) < 4.78 is 36.3. The lowest BCUT2D eigenvalue weighted by Gasteiger charge is -2.13. The van der Waals surface area contributed by atoms with Crippen LogP contribution in [-0.2, 0) is 6.54 Å². The van der Waals surface area contributed by atoms with E-state index in [0.29, 0.717) is 12.5 Å². The van der Waals surface area contributed by atoms with Crippen molar-refractivity contribution in [2.75, 3.05) is 13.6 Å². The molecule has 22 heavy (non-hydrogen) atoms. The Morgan fingerprint density at radius 2 is 1.77 bits per heavy atom. The number of nitrogens with one attached hydrogen (secondary N) is 2. The number of alkyl halides is 3. The summed E-state index contributed by atoms with van der Waals surface area (Å²) in [5.74, 6) is 0.359. The van der Waals surface area contributed by atoms with Crippen LogP contribution in [0.1, 0.15) is 12.0 Å². The fourth-order valence-electron chi connectivity index (χ4n) is 2.08. The van der Waals surface area contributed by atoms with E-state index in [4.69, 9.17) is 0 Å². The maximum absolute atomic E-state index is 12.1. The second-order valence-electron chi connectivity index (χ2n) is 4.90. The third-order valence-corrected chi connectivity index (χ3v) is 3.20. The average molecular weight is 309 g/mol. The predicted octanol–water partition coefficient (Wildman–Crippen LogP) is 3.46. The van der Waals surface area contributed by atoms with Gasteiger partial charge in [0.25, 0.3) is 0 Å². The van der Waals surface area contributed by atoms with Gasteiger partial charge in [-0.1, -0.05) is 36.4 Å². The Bertz CT molecular complexity index is 650. The smallest absolute Gasteiger partial charge is 0.356 e. The number of halogens is 3. The number of hydrogen-bond donors (Lipinski definition) is 2. The Kier molecular flexibility index (Phi) is 5.25. The molecular weight excluding hydrogens is 291 g/mol. The van der Waals surface area contributed by atoms with Gasteiger partial charge in [-0.3, -0.25) is 4.99 Å². The first-order valence-electron chi connectivity index (χ1n) is 6.97. The molecular formula is C16H18F3N3. The summed E-state index contributed by atoms with van der Waals surface area (Å²) in [7, 11) is 1.53. The highest BCUT2D eigenvalue weighted by Crippen LogP contribution is 2.18. The van der Waals surface area contributed by atoms with Gasteiger partial charge in [-0.15, -0.1) is 0 Å². The minimum atomic E-state index is -4.16. The number of benzene rings is 2. The van der Waals surface area contributed by atoms with E-state index < -0.39 is 12.6 Å². The fourth-order valence-corrected chi connectivity index (χ4v) is 2.08. The second kappa shape index (κ2) is 7.15. The van der Waals surface area contributed by atoms with Crippen molar-refractivity contribution >= 4 is 16.7 Å². The molecule has 2 N–H and O–H groups in total. The normalized spacial score (nSPS) is 12.5. The molecule has 0 aromatic heterocycles. The summed E-state index contributed by atoms with van der Waals surface area (Å²) in [6.07, 6.45) is -5.05. The molecule has 6 heteroatoms. The van der Waals surface area contributed by atoms with Gasteiger partial charge < -0.3 is 10.6 Å². The molecule has 2 aromatic rings. The third-order valence-electron chi connectivity index (χ3n) is 3.20. The summed E-state index contributed by atoms with van der Waals surface area (Å²) in [5.41, 5.74) is 1.04. The van der Waals surface area contributed by atoms with Crippen molar-refractivity contribution in [1.82, 2.24) is 10.6 Å². The van der Waals surface area contributed by atoms with Crippen molar-refractivity contribution in [1.29, 1.82) is 0 Å². The standard InChI is InChI=1S/C16H18F3N3/c1-20-15(21-9-8-16(17,18)19)22-11-12-6-7-13-4-2-3-5-14(13)10-12/h2-7,10H,8-9,11H2,1H3,(H2,20,21,22). The van der Waals surface area contributed by atoms with Crippen molar-refractivity contribution in [3.05, 3.63) is 48.0 Å². The number of hydrogen-bond acceptors (Lipinski definition) is 1. The minimum absolute atomic E-state index is 0.194. The van der Waals surface area contributed by atoms with Crippen molar-refractivity contribution in [3.8, 4) is 0 Å². The molecule has 0 unspecified atom stereocenters. The SMILES string of the molecule is CN=C(NCCC(F)(F)F)NCc1ccc2ccccc2c1. The zero-order valence-corrected chi connectivity index (χ0v) is 12.2. The molecule has 3 nitrogen and oxygen atoms in total. The van der Waals surface area contributed by atoms with Crippen LogP contribution in [0.2, 0.25) is 0 Å². The van der Waals surface area contributed by atoms with Crippen LogP contribution in [0.15, 0.2) is 47.5 Å². The number of aliphatic imine (C=N–C) groups is 1. The molecule has 2 aromatic carbocycles. The molecule has 2 rings (SSSR count). The summed E-state index contributed by atoms with van der Waals surface area (Å²) in [6, 6.07) is 14.1. The minimum Gasteiger partial charge on any atom is -0.356 e. The topological polar surface area (TPSA) is 36.4 Å². The molecule has 0 heterocycles. The molecule has 0 radical (unpaired) electrons. The van der Waals surface area contributed by atoms with E-state index >= 15 is 0 Å². The first-order valence-corrected chi connectivity index (χ1v) is 6.97. The molecule has 0 bridgehead atoms. The van der Waals surface area contributed by atoms with E-state index in [1.807, 2.05) is 42.5 Å². The van der Waals surface area contributed by atoms with Gasteiger partial charge in [-0.2, -0.15) is 13.2 Å². The quantitative estimate of drug-likeness (QED) is 0.670. The molecule has 118 valence electrons. The van der Waals surface area contributed by atoms with Crippen LogP contribution in [0, 0.1) is 0 Å². The monoisotopic (exact) mass is 309 g/mol. The Morgan fingerprint density at radius 3 is 2.45 bits per heavy atom. The Balaban J connectivity index is 1.89. The zero-order valence-electron chi connectivity index (χ0n) is 12.2. The molecule has 0 aliphatic carbocycles. The molecule has 0 aliphatic rings. The second-order valence-corrected chi connectivity index (χ2v) is 4.90. The molecule has 0 fully saturated rings. The van der Waals surface area contributed by atoms with Gasteiger partial charge in [0.2, 0.25) is 0 Å². The zero-order chi connectivity index (χ0) is 16.0. The first kappa shape index (κ1) is 16.1. The van der Waals surface area contributed by atoms with Crippen LogP contribution in [0.4, 0.5) is 13.2 Å². The van der Waals surface area contributed by atoms with Crippen molar-refractivity contribution in [3.63, 3.8) is 0 Å².